The fourth-order valence-corrected chi connectivity index (χ4v) is 4.61. The summed E-state index contributed by atoms with van der Waals surface area (Å²) in [4.78, 5) is 17.8. The molecule has 5 heteroatoms. The fraction of sp³-hybridized carbons (Fsp3) is 0.273. The van der Waals surface area contributed by atoms with Gasteiger partial charge in [0.2, 0.25) is 0 Å². The molecule has 1 aliphatic carbocycles. The monoisotopic (exact) mass is 377 g/mol. The second kappa shape index (κ2) is 8.03. The Morgan fingerprint density at radius 2 is 1.93 bits per heavy atom. The summed E-state index contributed by atoms with van der Waals surface area (Å²) in [6, 6.07) is 13.6. The van der Waals surface area contributed by atoms with Crippen LogP contribution in [0.1, 0.15) is 47.6 Å². The third-order valence-electron chi connectivity index (χ3n) is 5.31. The predicted octanol–water partition coefficient (Wildman–Crippen LogP) is 5.25. The van der Waals surface area contributed by atoms with Gasteiger partial charge in [-0.15, -0.1) is 11.3 Å². The number of pyridine rings is 1. The Labute approximate surface area is 163 Å². The van der Waals surface area contributed by atoms with E-state index in [4.69, 9.17) is 5.73 Å². The standard InChI is InChI=1S/C22H23N3OS/c23-21(15-4-1-2-5-15)18-8-7-16(14-19(18)20-6-3-13-27-20)22(26)25-17-9-11-24-12-10-17/h3,6-15,21H,1-2,4-5,23H2,(H,24,25,26)/t21-/m1/s1. The predicted molar refractivity (Wildman–Crippen MR) is 111 cm³/mol. The second-order valence-corrected chi connectivity index (χ2v) is 7.99. The molecule has 0 unspecified atom stereocenters. The third kappa shape index (κ3) is 3.94. The molecule has 1 fully saturated rings. The molecular formula is C22H23N3OS. The zero-order valence-electron chi connectivity index (χ0n) is 15.1. The highest BCUT2D eigenvalue weighted by Gasteiger charge is 2.26. The average molecular weight is 378 g/mol. The summed E-state index contributed by atoms with van der Waals surface area (Å²) in [5.74, 6) is 0.403. The summed E-state index contributed by atoms with van der Waals surface area (Å²) in [7, 11) is 0. The second-order valence-electron chi connectivity index (χ2n) is 7.04. The molecule has 138 valence electrons. The van der Waals surface area contributed by atoms with Crippen molar-refractivity contribution in [2.45, 2.75) is 31.7 Å². The van der Waals surface area contributed by atoms with E-state index in [1.165, 1.54) is 25.7 Å². The number of rotatable bonds is 5. The summed E-state index contributed by atoms with van der Waals surface area (Å²) < 4.78 is 0. The minimum atomic E-state index is -0.125. The molecule has 3 aromatic rings. The van der Waals surface area contributed by atoms with Crippen LogP contribution in [-0.2, 0) is 0 Å². The maximum absolute atomic E-state index is 12.7. The van der Waals surface area contributed by atoms with Crippen molar-refractivity contribution < 1.29 is 4.79 Å². The molecule has 1 amide bonds. The molecule has 0 radical (unpaired) electrons. The SMILES string of the molecule is N[C@@H](c1ccc(C(=O)Nc2ccncc2)cc1-c1cccs1)C1CCCC1. The van der Waals surface area contributed by atoms with Crippen molar-refractivity contribution in [2.24, 2.45) is 11.7 Å². The van der Waals surface area contributed by atoms with E-state index in [9.17, 15) is 4.79 Å². The van der Waals surface area contributed by atoms with Crippen molar-refractivity contribution in [1.82, 2.24) is 4.98 Å². The van der Waals surface area contributed by atoms with Crippen LogP contribution in [0.3, 0.4) is 0 Å². The summed E-state index contributed by atoms with van der Waals surface area (Å²) in [6.07, 6.45) is 8.23. The number of thiophene rings is 1. The summed E-state index contributed by atoms with van der Waals surface area (Å²) >= 11 is 1.68. The van der Waals surface area contributed by atoms with Crippen molar-refractivity contribution in [3.05, 3.63) is 71.4 Å². The van der Waals surface area contributed by atoms with Gasteiger partial charge in [-0.05, 0) is 65.6 Å². The van der Waals surface area contributed by atoms with Gasteiger partial charge in [0.05, 0.1) is 0 Å². The van der Waals surface area contributed by atoms with Crippen LogP contribution in [0.2, 0.25) is 0 Å². The fourth-order valence-electron chi connectivity index (χ4n) is 3.84. The molecule has 0 aliphatic heterocycles. The van der Waals surface area contributed by atoms with Crippen LogP contribution < -0.4 is 11.1 Å². The largest absolute Gasteiger partial charge is 0.324 e. The maximum Gasteiger partial charge on any atom is 0.255 e. The van der Waals surface area contributed by atoms with Crippen LogP contribution >= 0.6 is 11.3 Å². The Morgan fingerprint density at radius 3 is 2.63 bits per heavy atom. The van der Waals surface area contributed by atoms with Gasteiger partial charge in [-0.2, -0.15) is 0 Å². The Kier molecular flexibility index (Phi) is 5.32. The number of hydrogen-bond acceptors (Lipinski definition) is 4. The maximum atomic E-state index is 12.7. The van der Waals surface area contributed by atoms with Crippen LogP contribution in [-0.4, -0.2) is 10.9 Å². The van der Waals surface area contributed by atoms with Crippen LogP contribution in [0.25, 0.3) is 10.4 Å². The molecule has 1 atom stereocenters. The van der Waals surface area contributed by atoms with Gasteiger partial charge < -0.3 is 11.1 Å². The first kappa shape index (κ1) is 17.9. The van der Waals surface area contributed by atoms with Crippen molar-refractivity contribution in [2.75, 3.05) is 5.32 Å². The van der Waals surface area contributed by atoms with Gasteiger partial charge in [-0.3, -0.25) is 9.78 Å². The molecular weight excluding hydrogens is 354 g/mol. The number of carbonyl (C=O) groups is 1. The Morgan fingerprint density at radius 1 is 1.15 bits per heavy atom. The van der Waals surface area contributed by atoms with E-state index in [2.05, 4.69) is 21.7 Å². The molecule has 0 saturated heterocycles. The van der Waals surface area contributed by atoms with Crippen molar-refractivity contribution in [3.63, 3.8) is 0 Å². The molecule has 4 rings (SSSR count). The number of amides is 1. The van der Waals surface area contributed by atoms with Crippen molar-refractivity contribution in [3.8, 4) is 10.4 Å². The van der Waals surface area contributed by atoms with E-state index in [1.807, 2.05) is 24.3 Å². The summed E-state index contributed by atoms with van der Waals surface area (Å²) in [5, 5.41) is 4.99. The number of nitrogens with two attached hydrogens (primary N) is 1. The summed E-state index contributed by atoms with van der Waals surface area (Å²) in [6.45, 7) is 0. The van der Waals surface area contributed by atoms with E-state index in [-0.39, 0.29) is 11.9 Å². The highest BCUT2D eigenvalue weighted by atomic mass is 32.1. The van der Waals surface area contributed by atoms with Gasteiger partial charge >= 0.3 is 0 Å². The molecule has 2 heterocycles. The number of anilines is 1. The molecule has 2 aromatic heterocycles. The number of hydrogen-bond donors (Lipinski definition) is 2. The first-order valence-corrected chi connectivity index (χ1v) is 10.2. The van der Waals surface area contributed by atoms with Gasteiger partial charge in [0.25, 0.3) is 5.91 Å². The number of carbonyl (C=O) groups excluding carboxylic acids is 1. The zero-order chi connectivity index (χ0) is 18.6. The highest BCUT2D eigenvalue weighted by molar-refractivity contribution is 7.13. The molecule has 27 heavy (non-hydrogen) atoms. The number of nitrogens with zero attached hydrogens (tertiary/aromatic N) is 1. The third-order valence-corrected chi connectivity index (χ3v) is 6.21. The normalized spacial score (nSPS) is 15.6. The lowest BCUT2D eigenvalue weighted by Gasteiger charge is -2.22. The van der Waals surface area contributed by atoms with Gasteiger partial charge in [0.15, 0.2) is 0 Å². The lowest BCUT2D eigenvalue weighted by molar-refractivity contribution is 0.102. The minimum Gasteiger partial charge on any atom is -0.324 e. The van der Waals surface area contributed by atoms with Crippen molar-refractivity contribution >= 4 is 22.9 Å². The summed E-state index contributed by atoms with van der Waals surface area (Å²) in [5.41, 5.74) is 10.2. The zero-order valence-corrected chi connectivity index (χ0v) is 15.9. The van der Waals surface area contributed by atoms with Gasteiger partial charge in [0, 0.05) is 34.6 Å². The van der Waals surface area contributed by atoms with E-state index >= 15 is 0 Å². The number of benzene rings is 1. The molecule has 4 nitrogen and oxygen atoms in total. The Balaban J connectivity index is 1.66. The lowest BCUT2D eigenvalue weighted by atomic mass is 9.88. The highest BCUT2D eigenvalue weighted by Crippen LogP contribution is 2.39. The van der Waals surface area contributed by atoms with E-state index in [0.29, 0.717) is 11.5 Å². The molecule has 1 aliphatic rings. The molecule has 3 N–H and O–H groups in total. The first-order valence-electron chi connectivity index (χ1n) is 9.37. The van der Waals surface area contributed by atoms with E-state index in [0.717, 1.165) is 21.7 Å². The van der Waals surface area contributed by atoms with Crippen LogP contribution in [0.4, 0.5) is 5.69 Å². The van der Waals surface area contributed by atoms with E-state index in [1.54, 1.807) is 35.9 Å². The van der Waals surface area contributed by atoms with E-state index < -0.39 is 0 Å². The lowest BCUT2D eigenvalue weighted by Crippen LogP contribution is -2.20. The number of nitrogens with one attached hydrogen (secondary N) is 1. The van der Waals surface area contributed by atoms with Crippen LogP contribution in [0.5, 0.6) is 0 Å². The average Bonchev–Trinajstić information content (AvgIpc) is 3.42. The molecule has 1 aromatic carbocycles. The topological polar surface area (TPSA) is 68.0 Å². The smallest absolute Gasteiger partial charge is 0.255 e. The van der Waals surface area contributed by atoms with Crippen LogP contribution in [0, 0.1) is 5.92 Å². The first-order chi connectivity index (χ1) is 13.2. The minimum absolute atomic E-state index is 0.0157. The quantitative estimate of drug-likeness (QED) is 0.638. The molecule has 1 saturated carbocycles. The Hall–Kier alpha value is -2.50. The van der Waals surface area contributed by atoms with Gasteiger partial charge in [0.1, 0.15) is 0 Å². The van der Waals surface area contributed by atoms with Gasteiger partial charge in [-0.1, -0.05) is 25.0 Å². The molecule has 0 spiro atoms. The van der Waals surface area contributed by atoms with Crippen LogP contribution in [0.15, 0.2) is 60.2 Å². The Bertz CT molecular complexity index is 903. The molecule has 0 bridgehead atoms. The van der Waals surface area contributed by atoms with Crippen molar-refractivity contribution in [1.29, 1.82) is 0 Å². The van der Waals surface area contributed by atoms with Gasteiger partial charge in [-0.25, -0.2) is 0 Å². The number of aromatic nitrogens is 1.